The fraction of sp³-hybridized carbons (Fsp3) is 0.211. The van der Waals surface area contributed by atoms with Gasteiger partial charge in [0.05, 0.1) is 36.9 Å². The molecule has 0 bridgehead atoms. The quantitative estimate of drug-likeness (QED) is 0.560. The molecule has 2 amide bonds. The molecular weight excluding hydrogens is 370 g/mol. The van der Waals surface area contributed by atoms with Crippen LogP contribution in [0.1, 0.15) is 23.7 Å². The average molecular weight is 390 g/mol. The van der Waals surface area contributed by atoms with E-state index in [1.54, 1.807) is 49.4 Å². The second-order valence-electron chi connectivity index (χ2n) is 5.56. The van der Waals surface area contributed by atoms with Gasteiger partial charge in [0.15, 0.2) is 0 Å². The number of halogens is 1. The van der Waals surface area contributed by atoms with Crippen molar-refractivity contribution in [1.82, 2.24) is 5.43 Å². The number of hydrogen-bond acceptors (Lipinski definition) is 5. The number of amides is 2. The van der Waals surface area contributed by atoms with Crippen molar-refractivity contribution in [3.63, 3.8) is 0 Å². The van der Waals surface area contributed by atoms with Crippen LogP contribution in [0.3, 0.4) is 0 Å². The SMILES string of the molecule is COc1ccc(C(=O)N/N=C(\C)CC(=O)Nc2ccccc2Cl)c(OC)c1. The van der Waals surface area contributed by atoms with Gasteiger partial charge >= 0.3 is 0 Å². The lowest BCUT2D eigenvalue weighted by atomic mass is 10.2. The van der Waals surface area contributed by atoms with Gasteiger partial charge in [0.1, 0.15) is 11.5 Å². The summed E-state index contributed by atoms with van der Waals surface area (Å²) in [5, 5.41) is 7.10. The van der Waals surface area contributed by atoms with E-state index >= 15 is 0 Å². The number of anilines is 1. The molecule has 7 nitrogen and oxygen atoms in total. The average Bonchev–Trinajstić information content (AvgIpc) is 2.67. The molecule has 0 aliphatic carbocycles. The van der Waals surface area contributed by atoms with E-state index in [0.717, 1.165) is 0 Å². The second kappa shape index (κ2) is 9.59. The number of para-hydroxylation sites is 1. The molecule has 0 radical (unpaired) electrons. The van der Waals surface area contributed by atoms with Crippen molar-refractivity contribution >= 4 is 34.8 Å². The van der Waals surface area contributed by atoms with E-state index in [4.69, 9.17) is 21.1 Å². The van der Waals surface area contributed by atoms with Crippen LogP contribution in [0.5, 0.6) is 11.5 Å². The van der Waals surface area contributed by atoms with E-state index in [9.17, 15) is 9.59 Å². The molecule has 0 fully saturated rings. The number of ether oxygens (including phenoxy) is 2. The van der Waals surface area contributed by atoms with Gasteiger partial charge in [-0.25, -0.2) is 5.43 Å². The highest BCUT2D eigenvalue weighted by molar-refractivity contribution is 6.33. The molecule has 0 heterocycles. The van der Waals surface area contributed by atoms with Gasteiger partial charge in [-0.3, -0.25) is 9.59 Å². The van der Waals surface area contributed by atoms with E-state index in [0.29, 0.717) is 33.5 Å². The fourth-order valence-corrected chi connectivity index (χ4v) is 2.40. The molecular formula is C19H20ClN3O4. The fourth-order valence-electron chi connectivity index (χ4n) is 2.22. The van der Waals surface area contributed by atoms with Crippen LogP contribution in [0.25, 0.3) is 0 Å². The number of nitrogens with one attached hydrogen (secondary N) is 2. The van der Waals surface area contributed by atoms with Crippen LogP contribution >= 0.6 is 11.6 Å². The molecule has 0 unspecified atom stereocenters. The summed E-state index contributed by atoms with van der Waals surface area (Å²) in [6, 6.07) is 11.7. The number of rotatable bonds is 7. The third kappa shape index (κ3) is 5.72. The minimum absolute atomic E-state index is 0.00521. The Labute approximate surface area is 162 Å². The number of hydrogen-bond donors (Lipinski definition) is 2. The summed E-state index contributed by atoms with van der Waals surface area (Å²) >= 11 is 6.00. The first-order valence-corrected chi connectivity index (χ1v) is 8.42. The molecule has 0 saturated heterocycles. The molecule has 0 saturated carbocycles. The summed E-state index contributed by atoms with van der Waals surface area (Å²) in [5.41, 5.74) is 3.66. The van der Waals surface area contributed by atoms with Crippen LogP contribution in [-0.2, 0) is 4.79 Å². The number of carbonyl (C=O) groups is 2. The molecule has 142 valence electrons. The van der Waals surface area contributed by atoms with Crippen molar-refractivity contribution in [3.05, 3.63) is 53.1 Å². The van der Waals surface area contributed by atoms with Crippen LogP contribution < -0.4 is 20.2 Å². The first-order chi connectivity index (χ1) is 12.9. The smallest absolute Gasteiger partial charge is 0.275 e. The third-order valence-corrected chi connectivity index (χ3v) is 3.90. The Kier molecular flexibility index (Phi) is 7.19. The summed E-state index contributed by atoms with van der Waals surface area (Å²) in [4.78, 5) is 24.4. The minimum Gasteiger partial charge on any atom is -0.497 e. The van der Waals surface area contributed by atoms with E-state index in [1.165, 1.54) is 14.2 Å². The largest absolute Gasteiger partial charge is 0.497 e. The molecule has 0 aliphatic rings. The molecule has 0 atom stereocenters. The van der Waals surface area contributed by atoms with Gasteiger partial charge in [-0.2, -0.15) is 5.10 Å². The Morgan fingerprint density at radius 3 is 2.52 bits per heavy atom. The van der Waals surface area contributed by atoms with Gasteiger partial charge in [-0.1, -0.05) is 23.7 Å². The lowest BCUT2D eigenvalue weighted by Gasteiger charge is -2.09. The summed E-state index contributed by atoms with van der Waals surface area (Å²) in [6.45, 7) is 1.64. The maximum Gasteiger partial charge on any atom is 0.275 e. The Morgan fingerprint density at radius 2 is 1.85 bits per heavy atom. The van der Waals surface area contributed by atoms with Gasteiger partial charge in [-0.05, 0) is 31.2 Å². The van der Waals surface area contributed by atoms with Crippen LogP contribution in [-0.4, -0.2) is 31.7 Å². The molecule has 8 heteroatoms. The van der Waals surface area contributed by atoms with E-state index in [-0.39, 0.29) is 12.3 Å². The summed E-state index contributed by atoms with van der Waals surface area (Å²) in [7, 11) is 2.98. The van der Waals surface area contributed by atoms with Gasteiger partial charge in [0.25, 0.3) is 5.91 Å². The Bertz CT molecular complexity index is 868. The summed E-state index contributed by atoms with van der Waals surface area (Å²) < 4.78 is 10.3. The lowest BCUT2D eigenvalue weighted by molar-refractivity contribution is -0.115. The highest BCUT2D eigenvalue weighted by atomic mass is 35.5. The molecule has 2 aromatic rings. The molecule has 2 aromatic carbocycles. The van der Waals surface area contributed by atoms with Crippen LogP contribution in [0.15, 0.2) is 47.6 Å². The van der Waals surface area contributed by atoms with Crippen molar-refractivity contribution < 1.29 is 19.1 Å². The maximum absolute atomic E-state index is 12.3. The molecule has 0 aliphatic heterocycles. The van der Waals surface area contributed by atoms with E-state index in [2.05, 4.69) is 15.8 Å². The monoisotopic (exact) mass is 389 g/mol. The number of hydrazone groups is 1. The van der Waals surface area contributed by atoms with Crippen molar-refractivity contribution in [2.24, 2.45) is 5.10 Å². The number of methoxy groups -OCH3 is 2. The van der Waals surface area contributed by atoms with Crippen LogP contribution in [0.2, 0.25) is 5.02 Å². The van der Waals surface area contributed by atoms with E-state index < -0.39 is 5.91 Å². The molecule has 2 N–H and O–H groups in total. The first kappa shape index (κ1) is 20.3. The maximum atomic E-state index is 12.3. The van der Waals surface area contributed by atoms with Gasteiger partial charge in [-0.15, -0.1) is 0 Å². The van der Waals surface area contributed by atoms with Crippen molar-refractivity contribution in [2.45, 2.75) is 13.3 Å². The van der Waals surface area contributed by atoms with Gasteiger partial charge < -0.3 is 14.8 Å². The number of nitrogens with zero attached hydrogens (tertiary/aromatic N) is 1. The van der Waals surface area contributed by atoms with Gasteiger partial charge in [0, 0.05) is 11.8 Å². The zero-order valence-electron chi connectivity index (χ0n) is 15.2. The second-order valence-corrected chi connectivity index (χ2v) is 5.97. The van der Waals surface area contributed by atoms with Crippen molar-refractivity contribution in [3.8, 4) is 11.5 Å². The highest BCUT2D eigenvalue weighted by Crippen LogP contribution is 2.24. The van der Waals surface area contributed by atoms with Crippen molar-refractivity contribution in [2.75, 3.05) is 19.5 Å². The summed E-state index contributed by atoms with van der Waals surface area (Å²) in [6.07, 6.45) is 0.00521. The number of carbonyl (C=O) groups excluding carboxylic acids is 2. The standard InChI is InChI=1S/C19H20ClN3O4/c1-12(10-18(24)21-16-7-5-4-6-15(16)20)22-23-19(25)14-9-8-13(26-2)11-17(14)27-3/h4-9,11H,10H2,1-3H3,(H,21,24)(H,23,25)/b22-12+. The predicted octanol–water partition coefficient (Wildman–Crippen LogP) is 3.49. The van der Waals surface area contributed by atoms with E-state index in [1.807, 2.05) is 0 Å². The minimum atomic E-state index is -0.458. The third-order valence-electron chi connectivity index (χ3n) is 3.57. The highest BCUT2D eigenvalue weighted by Gasteiger charge is 2.13. The molecule has 0 spiro atoms. The zero-order valence-corrected chi connectivity index (χ0v) is 16.0. The number of benzene rings is 2. The zero-order chi connectivity index (χ0) is 19.8. The summed E-state index contributed by atoms with van der Waals surface area (Å²) in [5.74, 6) is 0.177. The van der Waals surface area contributed by atoms with Crippen LogP contribution in [0, 0.1) is 0 Å². The first-order valence-electron chi connectivity index (χ1n) is 8.04. The lowest BCUT2D eigenvalue weighted by Crippen LogP contribution is -2.22. The van der Waals surface area contributed by atoms with Crippen LogP contribution in [0.4, 0.5) is 5.69 Å². The normalized spacial score (nSPS) is 10.9. The molecule has 0 aromatic heterocycles. The predicted molar refractivity (Wildman–Crippen MR) is 105 cm³/mol. The van der Waals surface area contributed by atoms with Crippen molar-refractivity contribution in [1.29, 1.82) is 0 Å². The molecule has 2 rings (SSSR count). The van der Waals surface area contributed by atoms with Gasteiger partial charge in [0.2, 0.25) is 5.91 Å². The molecule has 27 heavy (non-hydrogen) atoms. The Hall–Kier alpha value is -3.06. The Morgan fingerprint density at radius 1 is 1.11 bits per heavy atom. The topological polar surface area (TPSA) is 89.0 Å². The Balaban J connectivity index is 1.97.